The average molecular weight is 283 g/mol. The Morgan fingerprint density at radius 2 is 2.14 bits per heavy atom. The minimum Gasteiger partial charge on any atom is -0.351 e. The van der Waals surface area contributed by atoms with Crippen molar-refractivity contribution >= 4 is 16.8 Å². The molecule has 2 aliphatic heterocycles. The number of carbonyl (C=O) groups excluding carboxylic acids is 1. The summed E-state index contributed by atoms with van der Waals surface area (Å²) in [5.74, 6) is 0.0302. The van der Waals surface area contributed by atoms with E-state index in [2.05, 4.69) is 15.2 Å². The van der Waals surface area contributed by atoms with Gasteiger partial charge in [-0.05, 0) is 44.4 Å². The molecule has 0 radical (unpaired) electrons. The van der Waals surface area contributed by atoms with Gasteiger partial charge in [-0.2, -0.15) is 0 Å². The van der Waals surface area contributed by atoms with Crippen molar-refractivity contribution in [3.05, 3.63) is 36.0 Å². The molecule has 2 saturated heterocycles. The molecular formula is C17H21N3O. The summed E-state index contributed by atoms with van der Waals surface area (Å²) in [6, 6.07) is 11.0. The molecule has 2 aliphatic rings. The van der Waals surface area contributed by atoms with E-state index in [9.17, 15) is 4.79 Å². The molecule has 4 heteroatoms. The molecule has 3 heterocycles. The highest BCUT2D eigenvalue weighted by molar-refractivity contribution is 5.98. The van der Waals surface area contributed by atoms with Crippen LogP contribution in [0.5, 0.6) is 0 Å². The Bertz CT molecular complexity index is 630. The normalized spacial score (nSPS) is 25.9. The highest BCUT2D eigenvalue weighted by Gasteiger charge is 2.32. The summed E-state index contributed by atoms with van der Waals surface area (Å²) in [6.45, 7) is 2.37. The zero-order chi connectivity index (χ0) is 14.2. The van der Waals surface area contributed by atoms with Gasteiger partial charge in [-0.3, -0.25) is 4.79 Å². The Hall–Kier alpha value is -1.81. The van der Waals surface area contributed by atoms with Crippen LogP contribution in [0.25, 0.3) is 10.9 Å². The molecule has 21 heavy (non-hydrogen) atoms. The number of fused-ring (bicyclic) bond motifs is 2. The van der Waals surface area contributed by atoms with Crippen LogP contribution >= 0.6 is 0 Å². The molecule has 2 N–H and O–H groups in total. The molecule has 1 aromatic carbocycles. The molecule has 1 aromatic heterocycles. The highest BCUT2D eigenvalue weighted by Crippen LogP contribution is 2.27. The number of aromatic nitrogens is 1. The zero-order valence-corrected chi connectivity index (χ0v) is 12.1. The van der Waals surface area contributed by atoms with Crippen LogP contribution in [0.15, 0.2) is 30.3 Å². The number of hydrogen-bond acceptors (Lipinski definition) is 2. The lowest BCUT2D eigenvalue weighted by atomic mass is 9.97. The van der Waals surface area contributed by atoms with Crippen molar-refractivity contribution in [1.29, 1.82) is 0 Å². The van der Waals surface area contributed by atoms with E-state index in [-0.39, 0.29) is 5.91 Å². The number of amides is 1. The molecule has 4 nitrogen and oxygen atoms in total. The summed E-state index contributed by atoms with van der Waals surface area (Å²) >= 11 is 0. The predicted octanol–water partition coefficient (Wildman–Crippen LogP) is 2.52. The fraction of sp³-hybridized carbons (Fsp3) is 0.471. The standard InChI is InChI=1S/C17H21N3O/c21-17(16-10-12-4-1-2-6-15(12)19-16)18-13-7-9-20-8-3-5-14(20)11-13/h1-2,4,6,10,13-14,19H,3,5,7-9,11H2,(H,18,21). The van der Waals surface area contributed by atoms with Crippen LogP contribution in [0.1, 0.15) is 36.2 Å². The fourth-order valence-electron chi connectivity index (χ4n) is 3.81. The molecule has 0 spiro atoms. The van der Waals surface area contributed by atoms with Crippen molar-refractivity contribution < 1.29 is 4.79 Å². The van der Waals surface area contributed by atoms with Crippen LogP contribution < -0.4 is 5.32 Å². The second-order valence-corrected chi connectivity index (χ2v) is 6.30. The van der Waals surface area contributed by atoms with Gasteiger partial charge < -0.3 is 15.2 Å². The third-order valence-electron chi connectivity index (χ3n) is 4.93. The Balaban J connectivity index is 1.45. The van der Waals surface area contributed by atoms with Crippen LogP contribution in [-0.2, 0) is 0 Å². The quantitative estimate of drug-likeness (QED) is 0.889. The molecule has 110 valence electrons. The highest BCUT2D eigenvalue weighted by atomic mass is 16.1. The molecule has 1 amide bonds. The number of H-pyrrole nitrogens is 1. The summed E-state index contributed by atoms with van der Waals surface area (Å²) in [4.78, 5) is 18.2. The van der Waals surface area contributed by atoms with Crippen molar-refractivity contribution in [2.75, 3.05) is 13.1 Å². The van der Waals surface area contributed by atoms with E-state index in [0.717, 1.165) is 30.3 Å². The molecule has 2 aromatic rings. The first-order chi connectivity index (χ1) is 10.3. The second kappa shape index (κ2) is 5.19. The molecule has 0 bridgehead atoms. The molecule has 2 fully saturated rings. The number of nitrogens with zero attached hydrogens (tertiary/aromatic N) is 1. The van der Waals surface area contributed by atoms with Gasteiger partial charge in [-0.15, -0.1) is 0 Å². The fourth-order valence-corrected chi connectivity index (χ4v) is 3.81. The number of para-hydroxylation sites is 1. The van der Waals surface area contributed by atoms with E-state index in [1.165, 1.54) is 19.4 Å². The minimum atomic E-state index is 0.0302. The van der Waals surface area contributed by atoms with Gasteiger partial charge in [0.2, 0.25) is 0 Å². The zero-order valence-electron chi connectivity index (χ0n) is 12.1. The lowest BCUT2D eigenvalue weighted by Crippen LogP contribution is -2.47. The van der Waals surface area contributed by atoms with Crippen LogP contribution in [0.4, 0.5) is 0 Å². The Morgan fingerprint density at radius 3 is 3.05 bits per heavy atom. The molecule has 2 atom stereocenters. The van der Waals surface area contributed by atoms with Crippen LogP contribution in [-0.4, -0.2) is 41.0 Å². The lowest BCUT2D eigenvalue weighted by Gasteiger charge is -2.35. The summed E-state index contributed by atoms with van der Waals surface area (Å²) in [6.07, 6.45) is 4.78. The molecule has 2 unspecified atom stereocenters. The predicted molar refractivity (Wildman–Crippen MR) is 83.4 cm³/mol. The number of rotatable bonds is 2. The molecule has 4 rings (SSSR count). The van der Waals surface area contributed by atoms with Crippen molar-refractivity contribution in [3.63, 3.8) is 0 Å². The topological polar surface area (TPSA) is 48.1 Å². The van der Waals surface area contributed by atoms with Gasteiger partial charge in [-0.1, -0.05) is 18.2 Å². The number of carbonyl (C=O) groups is 1. The van der Waals surface area contributed by atoms with Gasteiger partial charge in [0.05, 0.1) is 0 Å². The van der Waals surface area contributed by atoms with E-state index >= 15 is 0 Å². The van der Waals surface area contributed by atoms with Gasteiger partial charge in [0.15, 0.2) is 0 Å². The van der Waals surface area contributed by atoms with Crippen LogP contribution in [0.2, 0.25) is 0 Å². The Morgan fingerprint density at radius 1 is 1.24 bits per heavy atom. The summed E-state index contributed by atoms with van der Waals surface area (Å²) < 4.78 is 0. The molecule has 0 saturated carbocycles. The summed E-state index contributed by atoms with van der Waals surface area (Å²) in [5.41, 5.74) is 1.69. The van der Waals surface area contributed by atoms with Crippen molar-refractivity contribution in [3.8, 4) is 0 Å². The van der Waals surface area contributed by atoms with E-state index in [1.807, 2.05) is 30.3 Å². The first kappa shape index (κ1) is 12.9. The average Bonchev–Trinajstić information content (AvgIpc) is 3.13. The summed E-state index contributed by atoms with van der Waals surface area (Å²) in [5, 5.41) is 4.30. The molecule has 0 aliphatic carbocycles. The van der Waals surface area contributed by atoms with E-state index in [4.69, 9.17) is 0 Å². The smallest absolute Gasteiger partial charge is 0.267 e. The van der Waals surface area contributed by atoms with Gasteiger partial charge in [0, 0.05) is 29.5 Å². The van der Waals surface area contributed by atoms with Gasteiger partial charge in [0.1, 0.15) is 5.69 Å². The number of piperidine rings is 1. The lowest BCUT2D eigenvalue weighted by molar-refractivity contribution is 0.0892. The second-order valence-electron chi connectivity index (χ2n) is 6.30. The summed E-state index contributed by atoms with van der Waals surface area (Å²) in [7, 11) is 0. The van der Waals surface area contributed by atoms with E-state index < -0.39 is 0 Å². The first-order valence-electron chi connectivity index (χ1n) is 7.92. The van der Waals surface area contributed by atoms with E-state index in [1.54, 1.807) is 0 Å². The van der Waals surface area contributed by atoms with Crippen molar-refractivity contribution in [1.82, 2.24) is 15.2 Å². The molecular weight excluding hydrogens is 262 g/mol. The number of benzene rings is 1. The van der Waals surface area contributed by atoms with Crippen molar-refractivity contribution in [2.24, 2.45) is 0 Å². The third kappa shape index (κ3) is 2.44. The largest absolute Gasteiger partial charge is 0.351 e. The van der Waals surface area contributed by atoms with Crippen LogP contribution in [0, 0.1) is 0 Å². The van der Waals surface area contributed by atoms with Gasteiger partial charge >= 0.3 is 0 Å². The van der Waals surface area contributed by atoms with E-state index in [0.29, 0.717) is 17.8 Å². The number of aromatic amines is 1. The Labute approximate surface area is 124 Å². The maximum absolute atomic E-state index is 12.4. The van der Waals surface area contributed by atoms with Gasteiger partial charge in [0.25, 0.3) is 5.91 Å². The van der Waals surface area contributed by atoms with Gasteiger partial charge in [-0.25, -0.2) is 0 Å². The Kier molecular flexibility index (Phi) is 3.19. The van der Waals surface area contributed by atoms with Crippen molar-refractivity contribution in [2.45, 2.75) is 37.8 Å². The monoisotopic (exact) mass is 283 g/mol. The third-order valence-corrected chi connectivity index (χ3v) is 4.93. The van der Waals surface area contributed by atoms with Crippen LogP contribution in [0.3, 0.4) is 0 Å². The minimum absolute atomic E-state index is 0.0302. The maximum atomic E-state index is 12.4. The SMILES string of the molecule is O=C(NC1CCN2CCCC2C1)c1cc2ccccc2[nH]1. The number of hydrogen-bond donors (Lipinski definition) is 2. The number of nitrogens with one attached hydrogen (secondary N) is 2. The first-order valence-corrected chi connectivity index (χ1v) is 7.92. The maximum Gasteiger partial charge on any atom is 0.267 e.